The zero-order valence-corrected chi connectivity index (χ0v) is 12.6. The normalized spacial score (nSPS) is 11.7. The Kier molecular flexibility index (Phi) is 7.08. The van der Waals surface area contributed by atoms with E-state index in [1.165, 1.54) is 6.08 Å². The summed E-state index contributed by atoms with van der Waals surface area (Å²) in [6, 6.07) is 6.64. The van der Waals surface area contributed by atoms with Crippen LogP contribution in [-0.2, 0) is 19.1 Å². The Morgan fingerprint density at radius 1 is 1.24 bits per heavy atom. The number of carbonyl (C=O) groups excluding carboxylic acids is 1. The first-order valence-electron chi connectivity index (χ1n) is 6.48. The van der Waals surface area contributed by atoms with Crippen LogP contribution in [0.1, 0.15) is 19.4 Å². The van der Waals surface area contributed by atoms with Crippen molar-refractivity contribution in [2.75, 3.05) is 13.2 Å². The van der Waals surface area contributed by atoms with Crippen molar-refractivity contribution in [3.05, 3.63) is 40.4 Å². The number of rotatable bonds is 8. The maximum absolute atomic E-state index is 12.2. The molecule has 0 aromatic heterocycles. The summed E-state index contributed by atoms with van der Waals surface area (Å²) in [6.07, 6.45) is -0.0114. The van der Waals surface area contributed by atoms with Gasteiger partial charge in [0.2, 0.25) is 12.1 Å². The van der Waals surface area contributed by atoms with Gasteiger partial charge in [-0.25, -0.2) is 4.79 Å². The van der Waals surface area contributed by atoms with E-state index < -0.39 is 23.6 Å². The monoisotopic (exact) mass is 312 g/mol. The standard InChI is InChI=1S/C15H17ClO5/c1-3-20-15(21-4-2)13(17)11(14(18)19)9-10-7-5-6-8-12(10)16/h5-9,15H,3-4H2,1-2H3,(H,18,19)/b11-9-. The van der Waals surface area contributed by atoms with Crippen LogP contribution in [-0.4, -0.2) is 36.4 Å². The molecule has 21 heavy (non-hydrogen) atoms. The van der Waals surface area contributed by atoms with E-state index in [0.29, 0.717) is 10.6 Å². The molecule has 0 aliphatic heterocycles. The molecule has 114 valence electrons. The summed E-state index contributed by atoms with van der Waals surface area (Å²) >= 11 is 5.97. The number of benzene rings is 1. The third-order valence-corrected chi connectivity index (χ3v) is 2.90. The summed E-state index contributed by atoms with van der Waals surface area (Å²) in [4.78, 5) is 23.6. The van der Waals surface area contributed by atoms with Crippen LogP contribution in [0.15, 0.2) is 29.8 Å². The van der Waals surface area contributed by atoms with E-state index in [2.05, 4.69) is 0 Å². The number of hydrogen-bond donors (Lipinski definition) is 1. The zero-order chi connectivity index (χ0) is 15.8. The highest BCUT2D eigenvalue weighted by Crippen LogP contribution is 2.19. The lowest BCUT2D eigenvalue weighted by atomic mass is 10.1. The van der Waals surface area contributed by atoms with Gasteiger partial charge in [0.1, 0.15) is 5.57 Å². The molecule has 1 aromatic rings. The van der Waals surface area contributed by atoms with Crippen LogP contribution >= 0.6 is 11.6 Å². The van der Waals surface area contributed by atoms with Gasteiger partial charge in [0, 0.05) is 18.2 Å². The smallest absolute Gasteiger partial charge is 0.339 e. The van der Waals surface area contributed by atoms with Gasteiger partial charge in [-0.3, -0.25) is 4.79 Å². The van der Waals surface area contributed by atoms with E-state index in [4.69, 9.17) is 21.1 Å². The van der Waals surface area contributed by atoms with Gasteiger partial charge in [-0.15, -0.1) is 0 Å². The lowest BCUT2D eigenvalue weighted by molar-refractivity contribution is -0.165. The summed E-state index contributed by atoms with van der Waals surface area (Å²) in [5.74, 6) is -2.10. The van der Waals surface area contributed by atoms with Gasteiger partial charge in [0.05, 0.1) is 0 Å². The Hall–Kier alpha value is -1.69. The molecule has 0 spiro atoms. The Balaban J connectivity index is 3.14. The first-order valence-corrected chi connectivity index (χ1v) is 6.86. The minimum atomic E-state index is -1.36. The Bertz CT molecular complexity index is 533. The molecular formula is C15H17ClO5. The number of Topliss-reactive ketones (excluding diaryl/α,β-unsaturated/α-hetero) is 1. The summed E-state index contributed by atoms with van der Waals surface area (Å²) in [5.41, 5.74) is 0.00617. The fourth-order valence-electron chi connectivity index (χ4n) is 1.62. The number of aliphatic carboxylic acids is 1. The van der Waals surface area contributed by atoms with Crippen molar-refractivity contribution in [1.29, 1.82) is 0 Å². The third-order valence-electron chi connectivity index (χ3n) is 2.55. The molecule has 1 rings (SSSR count). The first-order chi connectivity index (χ1) is 10.0. The average Bonchev–Trinajstić information content (AvgIpc) is 2.45. The lowest BCUT2D eigenvalue weighted by Crippen LogP contribution is -2.31. The van der Waals surface area contributed by atoms with Crippen LogP contribution < -0.4 is 0 Å². The summed E-state index contributed by atoms with van der Waals surface area (Å²) in [7, 11) is 0. The molecule has 1 aromatic carbocycles. The fraction of sp³-hybridized carbons (Fsp3) is 0.333. The fourth-order valence-corrected chi connectivity index (χ4v) is 1.81. The molecule has 6 heteroatoms. The predicted octanol–water partition coefficient (Wildman–Crippen LogP) is 2.78. The predicted molar refractivity (Wildman–Crippen MR) is 79.1 cm³/mol. The van der Waals surface area contributed by atoms with Crippen LogP contribution in [0.2, 0.25) is 5.02 Å². The van der Waals surface area contributed by atoms with Crippen LogP contribution in [0, 0.1) is 0 Å². The zero-order valence-electron chi connectivity index (χ0n) is 11.8. The van der Waals surface area contributed by atoms with Gasteiger partial charge in [-0.1, -0.05) is 29.8 Å². The topological polar surface area (TPSA) is 72.8 Å². The molecule has 0 bridgehead atoms. The Labute approximate surface area is 128 Å². The van der Waals surface area contributed by atoms with Crippen molar-refractivity contribution in [2.45, 2.75) is 20.1 Å². The Morgan fingerprint density at radius 3 is 2.29 bits per heavy atom. The van der Waals surface area contributed by atoms with E-state index in [-0.39, 0.29) is 13.2 Å². The maximum Gasteiger partial charge on any atom is 0.339 e. The molecule has 0 unspecified atom stereocenters. The number of hydrogen-bond acceptors (Lipinski definition) is 4. The van der Waals surface area contributed by atoms with E-state index >= 15 is 0 Å². The van der Waals surface area contributed by atoms with Gasteiger partial charge < -0.3 is 14.6 Å². The van der Waals surface area contributed by atoms with Crippen molar-refractivity contribution < 1.29 is 24.2 Å². The van der Waals surface area contributed by atoms with Crippen molar-refractivity contribution in [3.63, 3.8) is 0 Å². The summed E-state index contributed by atoms with van der Waals surface area (Å²) in [6.45, 7) is 3.85. The van der Waals surface area contributed by atoms with Crippen molar-refractivity contribution in [1.82, 2.24) is 0 Å². The molecule has 0 aliphatic rings. The molecular weight excluding hydrogens is 296 g/mol. The minimum Gasteiger partial charge on any atom is -0.478 e. The van der Waals surface area contributed by atoms with Gasteiger partial charge in [0.15, 0.2) is 0 Å². The lowest BCUT2D eigenvalue weighted by Gasteiger charge is -2.15. The number of carbonyl (C=O) groups is 2. The van der Waals surface area contributed by atoms with E-state index in [1.54, 1.807) is 38.1 Å². The number of halogens is 1. The summed E-state index contributed by atoms with van der Waals surface area (Å²) < 4.78 is 10.3. The number of ketones is 1. The SMILES string of the molecule is CCOC(OCC)C(=O)/C(=C/c1ccccc1Cl)C(=O)O. The van der Waals surface area contributed by atoms with Crippen LogP contribution in [0.25, 0.3) is 6.08 Å². The average molecular weight is 313 g/mol. The van der Waals surface area contributed by atoms with Gasteiger partial charge in [0.25, 0.3) is 0 Å². The molecule has 0 atom stereocenters. The van der Waals surface area contributed by atoms with Crippen molar-refractivity contribution in [2.24, 2.45) is 0 Å². The Morgan fingerprint density at radius 2 is 1.81 bits per heavy atom. The highest BCUT2D eigenvalue weighted by Gasteiger charge is 2.27. The van der Waals surface area contributed by atoms with E-state index in [1.807, 2.05) is 0 Å². The molecule has 0 amide bonds. The van der Waals surface area contributed by atoms with Crippen LogP contribution in [0.5, 0.6) is 0 Å². The van der Waals surface area contributed by atoms with Crippen molar-refractivity contribution >= 4 is 29.4 Å². The molecule has 0 saturated carbocycles. The van der Waals surface area contributed by atoms with Gasteiger partial charge in [-0.05, 0) is 31.6 Å². The summed E-state index contributed by atoms with van der Waals surface area (Å²) in [5, 5.41) is 9.59. The largest absolute Gasteiger partial charge is 0.478 e. The second-order valence-electron chi connectivity index (χ2n) is 3.99. The number of ether oxygens (including phenoxy) is 2. The molecule has 1 N–H and O–H groups in total. The molecule has 0 fully saturated rings. The van der Waals surface area contributed by atoms with Gasteiger partial charge >= 0.3 is 5.97 Å². The molecule has 0 saturated heterocycles. The highest BCUT2D eigenvalue weighted by atomic mass is 35.5. The van der Waals surface area contributed by atoms with E-state index in [0.717, 1.165) is 0 Å². The second-order valence-corrected chi connectivity index (χ2v) is 4.40. The van der Waals surface area contributed by atoms with Crippen LogP contribution in [0.3, 0.4) is 0 Å². The van der Waals surface area contributed by atoms with E-state index in [9.17, 15) is 14.7 Å². The third kappa shape index (κ3) is 4.97. The minimum absolute atomic E-state index is 0.232. The quantitative estimate of drug-likeness (QED) is 0.346. The number of carboxylic acid groups (broad SMARTS) is 1. The molecule has 0 radical (unpaired) electrons. The first kappa shape index (κ1) is 17.4. The van der Waals surface area contributed by atoms with Crippen molar-refractivity contribution in [3.8, 4) is 0 Å². The second kappa shape index (κ2) is 8.56. The molecule has 0 aliphatic carbocycles. The van der Waals surface area contributed by atoms with Gasteiger partial charge in [-0.2, -0.15) is 0 Å². The maximum atomic E-state index is 12.2. The molecule has 0 heterocycles. The highest BCUT2D eigenvalue weighted by molar-refractivity contribution is 6.32. The molecule has 5 nitrogen and oxygen atoms in total. The number of carboxylic acids is 1. The van der Waals surface area contributed by atoms with Crippen LogP contribution in [0.4, 0.5) is 0 Å².